The lowest BCUT2D eigenvalue weighted by molar-refractivity contribution is 0.0929. The summed E-state index contributed by atoms with van der Waals surface area (Å²) in [6.07, 6.45) is 5.05. The molecule has 1 amide bonds. The molecule has 0 saturated heterocycles. The zero-order valence-electron chi connectivity index (χ0n) is 14.7. The van der Waals surface area contributed by atoms with E-state index in [0.717, 1.165) is 17.0 Å². The number of furan rings is 1. The Morgan fingerprint density at radius 2 is 2.04 bits per heavy atom. The summed E-state index contributed by atoms with van der Waals surface area (Å²) in [5.74, 6) is 2.30. The molecule has 1 aromatic carbocycles. The van der Waals surface area contributed by atoms with Gasteiger partial charge >= 0.3 is 0 Å². The van der Waals surface area contributed by atoms with Gasteiger partial charge in [-0.3, -0.25) is 9.36 Å². The minimum Gasteiger partial charge on any atom is -0.451 e. The van der Waals surface area contributed by atoms with E-state index in [9.17, 15) is 4.79 Å². The Balaban J connectivity index is 1.32. The molecule has 0 saturated carbocycles. The third kappa shape index (κ3) is 3.64. The molecular weight excluding hydrogens is 344 g/mol. The topological polar surface area (TPSA) is 97.9 Å². The number of amides is 1. The van der Waals surface area contributed by atoms with Crippen LogP contribution in [0.1, 0.15) is 16.4 Å². The number of carbonyl (C=O) groups is 1. The van der Waals surface area contributed by atoms with E-state index in [1.807, 2.05) is 48.0 Å². The zero-order chi connectivity index (χ0) is 18.6. The number of hydrogen-bond acceptors (Lipinski definition) is 6. The van der Waals surface area contributed by atoms with Crippen molar-refractivity contribution in [3.63, 3.8) is 0 Å². The summed E-state index contributed by atoms with van der Waals surface area (Å²) in [5, 5.41) is 6.90. The van der Waals surface area contributed by atoms with Gasteiger partial charge in [0, 0.05) is 36.9 Å². The van der Waals surface area contributed by atoms with Crippen LogP contribution in [-0.4, -0.2) is 38.5 Å². The Morgan fingerprint density at radius 1 is 1.15 bits per heavy atom. The Morgan fingerprint density at radius 3 is 2.85 bits per heavy atom. The summed E-state index contributed by atoms with van der Waals surface area (Å²) in [5.41, 5.74) is 0.698. The number of benzene rings is 1. The molecule has 0 aliphatic rings. The lowest BCUT2D eigenvalue weighted by Gasteiger charge is -2.08. The molecule has 3 heterocycles. The summed E-state index contributed by atoms with van der Waals surface area (Å²) in [4.78, 5) is 24.8. The van der Waals surface area contributed by atoms with Crippen molar-refractivity contribution in [2.45, 2.75) is 6.92 Å². The highest BCUT2D eigenvalue weighted by atomic mass is 16.3. The van der Waals surface area contributed by atoms with E-state index in [1.165, 1.54) is 6.33 Å². The summed E-state index contributed by atoms with van der Waals surface area (Å²) in [6, 6.07) is 11.1. The van der Waals surface area contributed by atoms with Gasteiger partial charge in [-0.2, -0.15) is 0 Å². The van der Waals surface area contributed by atoms with Crippen LogP contribution < -0.4 is 10.6 Å². The second kappa shape index (κ2) is 7.28. The quantitative estimate of drug-likeness (QED) is 0.512. The minimum absolute atomic E-state index is 0.245. The van der Waals surface area contributed by atoms with Gasteiger partial charge in [0.25, 0.3) is 5.91 Å². The molecule has 136 valence electrons. The number of hydrogen-bond donors (Lipinski definition) is 2. The van der Waals surface area contributed by atoms with Crippen molar-refractivity contribution in [3.8, 4) is 5.82 Å². The maximum atomic E-state index is 12.2. The standard InChI is InChI=1S/C19H18N6O2/c1-13-20-8-9-25(13)18-11-17(23-12-24-18)21-6-7-22-19(26)16-10-14-4-2-3-5-15(14)27-16/h2-5,8-12H,6-7H2,1H3,(H,22,26)(H,21,23,24). The van der Waals surface area contributed by atoms with Crippen LogP contribution in [0, 0.1) is 6.92 Å². The molecule has 4 rings (SSSR count). The second-order valence-corrected chi connectivity index (χ2v) is 5.94. The van der Waals surface area contributed by atoms with Crippen LogP contribution in [0.15, 0.2) is 59.5 Å². The Bertz CT molecular complexity index is 1050. The van der Waals surface area contributed by atoms with E-state index in [0.29, 0.717) is 30.3 Å². The van der Waals surface area contributed by atoms with Crippen molar-refractivity contribution in [1.29, 1.82) is 0 Å². The molecule has 0 radical (unpaired) electrons. The van der Waals surface area contributed by atoms with E-state index < -0.39 is 0 Å². The summed E-state index contributed by atoms with van der Waals surface area (Å²) < 4.78 is 7.42. The van der Waals surface area contributed by atoms with Crippen LogP contribution in [-0.2, 0) is 0 Å². The van der Waals surface area contributed by atoms with Crippen molar-refractivity contribution in [3.05, 3.63) is 66.7 Å². The number of para-hydroxylation sites is 1. The van der Waals surface area contributed by atoms with Gasteiger partial charge in [-0.25, -0.2) is 15.0 Å². The highest BCUT2D eigenvalue weighted by molar-refractivity contribution is 5.96. The SMILES string of the molecule is Cc1nccn1-c1cc(NCCNC(=O)c2cc3ccccc3o2)ncn1. The van der Waals surface area contributed by atoms with Gasteiger partial charge in [0.1, 0.15) is 29.4 Å². The van der Waals surface area contributed by atoms with E-state index in [1.54, 1.807) is 12.3 Å². The molecule has 0 bridgehead atoms. The molecule has 3 aromatic heterocycles. The third-order valence-electron chi connectivity index (χ3n) is 4.09. The first-order chi connectivity index (χ1) is 13.2. The van der Waals surface area contributed by atoms with Gasteiger partial charge in [-0.15, -0.1) is 0 Å². The number of nitrogens with zero attached hydrogens (tertiary/aromatic N) is 4. The number of carbonyl (C=O) groups excluding carboxylic acids is 1. The normalized spacial score (nSPS) is 10.9. The Hall–Kier alpha value is -3.68. The van der Waals surface area contributed by atoms with E-state index in [4.69, 9.17) is 4.42 Å². The molecule has 2 N–H and O–H groups in total. The number of fused-ring (bicyclic) bond motifs is 1. The molecule has 0 spiro atoms. The van der Waals surface area contributed by atoms with E-state index >= 15 is 0 Å². The average molecular weight is 362 g/mol. The van der Waals surface area contributed by atoms with Crippen molar-refractivity contribution in [2.24, 2.45) is 0 Å². The number of anilines is 1. The van der Waals surface area contributed by atoms with Crippen LogP contribution in [0.25, 0.3) is 16.8 Å². The van der Waals surface area contributed by atoms with Gasteiger partial charge in [-0.1, -0.05) is 18.2 Å². The molecule has 8 heteroatoms. The predicted octanol–water partition coefficient (Wildman–Crippen LogP) is 2.56. The smallest absolute Gasteiger partial charge is 0.287 e. The van der Waals surface area contributed by atoms with Gasteiger partial charge in [0.2, 0.25) is 0 Å². The van der Waals surface area contributed by atoms with Gasteiger partial charge < -0.3 is 15.1 Å². The van der Waals surface area contributed by atoms with Crippen molar-refractivity contribution >= 4 is 22.7 Å². The molecular formula is C19H18N6O2. The minimum atomic E-state index is -0.245. The monoisotopic (exact) mass is 362 g/mol. The zero-order valence-corrected chi connectivity index (χ0v) is 14.7. The molecule has 27 heavy (non-hydrogen) atoms. The van der Waals surface area contributed by atoms with Gasteiger partial charge in [0.05, 0.1) is 0 Å². The predicted molar refractivity (Wildman–Crippen MR) is 101 cm³/mol. The van der Waals surface area contributed by atoms with Crippen LogP contribution in [0.2, 0.25) is 0 Å². The van der Waals surface area contributed by atoms with Gasteiger partial charge in [-0.05, 0) is 19.1 Å². The summed E-state index contributed by atoms with van der Waals surface area (Å²) in [6.45, 7) is 2.85. The van der Waals surface area contributed by atoms with E-state index in [2.05, 4.69) is 25.6 Å². The lowest BCUT2D eigenvalue weighted by Crippen LogP contribution is -2.28. The van der Waals surface area contributed by atoms with Crippen LogP contribution in [0.4, 0.5) is 5.82 Å². The van der Waals surface area contributed by atoms with Crippen LogP contribution in [0.5, 0.6) is 0 Å². The summed E-state index contributed by atoms with van der Waals surface area (Å²) >= 11 is 0. The molecule has 8 nitrogen and oxygen atoms in total. The van der Waals surface area contributed by atoms with Crippen molar-refractivity contribution in [1.82, 2.24) is 24.8 Å². The number of aromatic nitrogens is 4. The maximum Gasteiger partial charge on any atom is 0.287 e. The number of rotatable bonds is 6. The first kappa shape index (κ1) is 16.8. The fourth-order valence-corrected chi connectivity index (χ4v) is 2.74. The highest BCUT2D eigenvalue weighted by Gasteiger charge is 2.11. The lowest BCUT2D eigenvalue weighted by atomic mass is 10.2. The molecule has 0 fully saturated rings. The van der Waals surface area contributed by atoms with Crippen LogP contribution >= 0.6 is 0 Å². The third-order valence-corrected chi connectivity index (χ3v) is 4.09. The number of aryl methyl sites for hydroxylation is 1. The molecule has 0 aliphatic heterocycles. The molecule has 4 aromatic rings. The molecule has 0 aliphatic carbocycles. The Kier molecular flexibility index (Phi) is 4.52. The first-order valence-electron chi connectivity index (χ1n) is 8.54. The maximum absolute atomic E-state index is 12.2. The second-order valence-electron chi connectivity index (χ2n) is 5.94. The average Bonchev–Trinajstić information content (AvgIpc) is 3.31. The number of nitrogens with one attached hydrogen (secondary N) is 2. The number of imidazole rings is 1. The molecule has 0 unspecified atom stereocenters. The Labute approximate surface area is 155 Å². The van der Waals surface area contributed by atoms with E-state index in [-0.39, 0.29) is 5.91 Å². The molecule has 0 atom stereocenters. The van der Waals surface area contributed by atoms with Crippen molar-refractivity contribution in [2.75, 3.05) is 18.4 Å². The summed E-state index contributed by atoms with van der Waals surface area (Å²) in [7, 11) is 0. The fourth-order valence-electron chi connectivity index (χ4n) is 2.74. The van der Waals surface area contributed by atoms with Crippen molar-refractivity contribution < 1.29 is 9.21 Å². The van der Waals surface area contributed by atoms with Crippen LogP contribution in [0.3, 0.4) is 0 Å². The van der Waals surface area contributed by atoms with Gasteiger partial charge in [0.15, 0.2) is 5.76 Å². The largest absolute Gasteiger partial charge is 0.451 e. The first-order valence-corrected chi connectivity index (χ1v) is 8.54. The highest BCUT2D eigenvalue weighted by Crippen LogP contribution is 2.18. The fraction of sp³-hybridized carbons (Fsp3) is 0.158.